The summed E-state index contributed by atoms with van der Waals surface area (Å²) in [5.41, 5.74) is 6.60. The van der Waals surface area contributed by atoms with Crippen molar-refractivity contribution in [1.29, 1.82) is 0 Å². The number of aromatic nitrogens is 1. The van der Waals surface area contributed by atoms with Crippen LogP contribution in [-0.4, -0.2) is 75.6 Å². The summed E-state index contributed by atoms with van der Waals surface area (Å²) in [5.74, 6) is 0.749. The lowest BCUT2D eigenvalue weighted by atomic mass is 10.0. The smallest absolute Gasteiger partial charge is 0.254 e. The van der Waals surface area contributed by atoms with Crippen molar-refractivity contribution in [2.45, 2.75) is 25.3 Å². The average Bonchev–Trinajstić information content (AvgIpc) is 3.01. The predicted octanol–water partition coefficient (Wildman–Crippen LogP) is 3.11. The van der Waals surface area contributed by atoms with Crippen LogP contribution in [0.4, 0.5) is 4.39 Å². The first-order valence-corrected chi connectivity index (χ1v) is 15.6. The van der Waals surface area contributed by atoms with Crippen molar-refractivity contribution in [2.75, 3.05) is 39.8 Å². The fraction of sp³-hybridized carbons (Fsp3) is 0.312. The molecule has 0 aliphatic carbocycles. The molecular formula is C32H39FN6O4S. The quantitative estimate of drug-likeness (QED) is 0.179. The maximum absolute atomic E-state index is 15.1. The first kappa shape index (κ1) is 32.6. The second-order valence-electron chi connectivity index (χ2n) is 10.4. The van der Waals surface area contributed by atoms with E-state index in [0.717, 1.165) is 11.4 Å². The van der Waals surface area contributed by atoms with Crippen molar-refractivity contribution in [1.82, 2.24) is 24.8 Å². The molecule has 10 nitrogen and oxygen atoms in total. The molecule has 2 aromatic carbocycles. The van der Waals surface area contributed by atoms with E-state index in [1.165, 1.54) is 13.0 Å². The molecule has 0 radical (unpaired) electrons. The Balaban J connectivity index is 1.35. The highest BCUT2D eigenvalue weighted by atomic mass is 32.2. The van der Waals surface area contributed by atoms with Crippen molar-refractivity contribution in [2.24, 2.45) is 5.73 Å². The normalized spacial score (nSPS) is 16.3. The first-order chi connectivity index (χ1) is 21.1. The van der Waals surface area contributed by atoms with E-state index in [0.29, 0.717) is 49.7 Å². The van der Waals surface area contributed by atoms with Crippen LogP contribution in [0, 0.1) is 5.82 Å². The van der Waals surface area contributed by atoms with Gasteiger partial charge in [-0.25, -0.2) is 13.3 Å². The Kier molecular flexibility index (Phi) is 11.1. The summed E-state index contributed by atoms with van der Waals surface area (Å²) < 4.78 is 35.8. The number of nitrogens with one attached hydrogen (secondary N) is 2. The van der Waals surface area contributed by atoms with E-state index >= 15 is 4.39 Å². The Morgan fingerprint density at radius 2 is 1.82 bits per heavy atom. The zero-order valence-electron chi connectivity index (χ0n) is 25.1. The van der Waals surface area contributed by atoms with Gasteiger partial charge in [0.2, 0.25) is 0 Å². The highest BCUT2D eigenvalue weighted by Crippen LogP contribution is 2.27. The molecule has 0 spiro atoms. The van der Waals surface area contributed by atoms with Gasteiger partial charge in [-0.2, -0.15) is 0 Å². The van der Waals surface area contributed by atoms with Crippen LogP contribution in [-0.2, 0) is 16.7 Å². The number of hydrogen-bond acceptors (Lipinski definition) is 8. The number of piperazine rings is 1. The number of nitrogens with zero attached hydrogens (tertiary/aromatic N) is 3. The second-order valence-corrected chi connectivity index (χ2v) is 11.6. The van der Waals surface area contributed by atoms with Gasteiger partial charge in [-0.3, -0.25) is 9.78 Å². The van der Waals surface area contributed by atoms with Crippen LogP contribution in [0.2, 0.25) is 0 Å². The lowest BCUT2D eigenvalue weighted by Gasteiger charge is -2.37. The maximum Gasteiger partial charge on any atom is 0.254 e. The third-order valence-electron chi connectivity index (χ3n) is 7.15. The number of pyridine rings is 1. The van der Waals surface area contributed by atoms with Gasteiger partial charge in [-0.15, -0.1) is 0 Å². The summed E-state index contributed by atoms with van der Waals surface area (Å²) in [5, 5.41) is 14.0. The number of hydrogen-bond donors (Lipinski definition) is 4. The number of halogens is 1. The van der Waals surface area contributed by atoms with Gasteiger partial charge in [-0.1, -0.05) is 36.4 Å². The summed E-state index contributed by atoms with van der Waals surface area (Å²) in [6.45, 7) is 5.70. The van der Waals surface area contributed by atoms with E-state index in [9.17, 15) is 14.1 Å². The summed E-state index contributed by atoms with van der Waals surface area (Å²) >= 11 is 0. The molecule has 1 aromatic heterocycles. The highest BCUT2D eigenvalue weighted by Gasteiger charge is 2.27. The van der Waals surface area contributed by atoms with E-state index in [2.05, 4.69) is 15.0 Å². The van der Waals surface area contributed by atoms with E-state index < -0.39 is 22.5 Å². The van der Waals surface area contributed by atoms with Gasteiger partial charge in [0.05, 0.1) is 35.2 Å². The molecule has 3 aromatic rings. The minimum absolute atomic E-state index is 0.0892. The summed E-state index contributed by atoms with van der Waals surface area (Å²) in [4.78, 5) is 21.1. The number of rotatable bonds is 12. The molecule has 2 atom stereocenters. The minimum atomic E-state index is -1.70. The van der Waals surface area contributed by atoms with Crippen molar-refractivity contribution < 1.29 is 23.2 Å². The molecule has 2 unspecified atom stereocenters. The van der Waals surface area contributed by atoms with E-state index in [4.69, 9.17) is 10.5 Å². The fourth-order valence-electron chi connectivity index (χ4n) is 4.75. The number of benzene rings is 2. The number of carbonyl (C=O) groups excluding carboxylic acids is 1. The third-order valence-corrected chi connectivity index (χ3v) is 8.37. The first-order valence-electron chi connectivity index (χ1n) is 14.3. The van der Waals surface area contributed by atoms with Gasteiger partial charge >= 0.3 is 0 Å². The van der Waals surface area contributed by atoms with Crippen LogP contribution >= 0.6 is 0 Å². The second kappa shape index (κ2) is 15.0. The summed E-state index contributed by atoms with van der Waals surface area (Å²) in [7, 11) is 0.210. The summed E-state index contributed by atoms with van der Waals surface area (Å²) in [6, 6.07) is 15.5. The molecule has 1 aliphatic heterocycles. The van der Waals surface area contributed by atoms with Crippen LogP contribution in [0.15, 0.2) is 90.7 Å². The van der Waals surface area contributed by atoms with E-state index in [1.807, 2.05) is 42.2 Å². The Morgan fingerprint density at radius 3 is 2.48 bits per heavy atom. The minimum Gasteiger partial charge on any atom is -0.492 e. The van der Waals surface area contributed by atoms with Gasteiger partial charge in [0, 0.05) is 56.1 Å². The van der Waals surface area contributed by atoms with Crippen molar-refractivity contribution >= 4 is 16.9 Å². The number of carbonyl (C=O) groups is 1. The molecule has 0 bridgehead atoms. The van der Waals surface area contributed by atoms with Crippen LogP contribution in [0.25, 0.3) is 11.1 Å². The molecule has 12 heteroatoms. The van der Waals surface area contributed by atoms with Gasteiger partial charge in [0.1, 0.15) is 17.4 Å². The van der Waals surface area contributed by atoms with Crippen molar-refractivity contribution in [3.63, 3.8) is 0 Å². The van der Waals surface area contributed by atoms with Crippen LogP contribution < -0.4 is 20.5 Å². The monoisotopic (exact) mass is 622 g/mol. The maximum atomic E-state index is 15.1. The molecule has 1 saturated heterocycles. The zero-order chi connectivity index (χ0) is 31.7. The summed E-state index contributed by atoms with van der Waals surface area (Å²) in [6.07, 6.45) is 6.41. The molecule has 234 valence electrons. The average molecular weight is 623 g/mol. The fourth-order valence-corrected chi connectivity index (χ4v) is 5.88. The van der Waals surface area contributed by atoms with Crippen LogP contribution in [0.3, 0.4) is 0 Å². The number of aliphatic hydroxyl groups is 1. The molecule has 5 N–H and O–H groups in total. The van der Waals surface area contributed by atoms with Crippen LogP contribution in [0.1, 0.15) is 29.8 Å². The van der Waals surface area contributed by atoms with Gasteiger partial charge in [-0.05, 0) is 49.8 Å². The zero-order valence-corrected chi connectivity index (χ0v) is 25.9. The van der Waals surface area contributed by atoms with E-state index in [1.54, 1.807) is 54.7 Å². The van der Waals surface area contributed by atoms with Crippen molar-refractivity contribution in [3.05, 3.63) is 108 Å². The molecule has 44 heavy (non-hydrogen) atoms. The van der Waals surface area contributed by atoms with Crippen LogP contribution in [0.5, 0.6) is 5.75 Å². The Labute approximate surface area is 260 Å². The third kappa shape index (κ3) is 8.43. The Morgan fingerprint density at radius 1 is 1.11 bits per heavy atom. The van der Waals surface area contributed by atoms with Crippen molar-refractivity contribution in [3.8, 4) is 16.9 Å². The highest BCUT2D eigenvalue weighted by molar-refractivity contribution is 7.82. The Bertz CT molecular complexity index is 1520. The molecule has 2 heterocycles. The van der Waals surface area contributed by atoms with Gasteiger partial charge < -0.3 is 30.7 Å². The standard InChI is InChI=1S/C32H39FN6O4S/c1-4-43-26-18-25(20-36-21-26)27-11-10-24(19-28(27)33)31(40)39-16-14-38(15-17-39)30(35-3)13-12-29(34)32(2,41)37-44(42)22-23-8-6-5-7-9-23/h5-13,18-21,35,37,41H,4,14-17,22,34H2,1-3H3/b29-12-,30-13+. The molecule has 4 rings (SSSR count). The topological polar surface area (TPSA) is 133 Å². The van der Waals surface area contributed by atoms with Gasteiger partial charge in [0.15, 0.2) is 5.72 Å². The predicted molar refractivity (Wildman–Crippen MR) is 170 cm³/mol. The lowest BCUT2D eigenvalue weighted by molar-refractivity contribution is 0.0663. The molecular weight excluding hydrogens is 583 g/mol. The van der Waals surface area contributed by atoms with E-state index in [-0.39, 0.29) is 22.9 Å². The SMILES string of the molecule is CCOc1cncc(-c2ccc(C(=O)N3CCN(/C(=C/C=C(\N)C(C)(O)NS(=O)Cc4ccccc4)NC)CC3)cc2F)c1. The molecule has 1 aliphatic rings. The number of amides is 1. The number of allylic oxidation sites excluding steroid dienone is 2. The van der Waals surface area contributed by atoms with Gasteiger partial charge in [0.25, 0.3) is 5.91 Å². The molecule has 1 amide bonds. The lowest BCUT2D eigenvalue weighted by Crippen LogP contribution is -2.49. The molecule has 1 fully saturated rings. The largest absolute Gasteiger partial charge is 0.492 e. The molecule has 0 saturated carbocycles. The number of nitrogens with two attached hydrogens (primary N) is 1. The Hall–Kier alpha value is -4.26. The number of ether oxygens (including phenoxy) is 1.